The van der Waals surface area contributed by atoms with Crippen molar-refractivity contribution in [3.8, 4) is 17.1 Å². The Morgan fingerprint density at radius 2 is 2.00 bits per heavy atom. The van der Waals surface area contributed by atoms with E-state index in [0.717, 1.165) is 0 Å². The number of ether oxygens (including phenoxy) is 1. The second-order valence-corrected chi connectivity index (χ2v) is 7.12. The molecule has 0 bridgehead atoms. The van der Waals surface area contributed by atoms with Crippen LogP contribution in [0.5, 0.6) is 5.75 Å². The van der Waals surface area contributed by atoms with Crippen LogP contribution in [0.25, 0.3) is 22.2 Å². The number of methoxy groups -OCH3 is 1. The summed E-state index contributed by atoms with van der Waals surface area (Å²) in [6.45, 7) is 1.01. The number of halogens is 1. The first-order valence-corrected chi connectivity index (χ1v) is 9.49. The van der Waals surface area contributed by atoms with Gasteiger partial charge in [-0.25, -0.2) is 9.37 Å². The van der Waals surface area contributed by atoms with Gasteiger partial charge in [0.2, 0.25) is 0 Å². The highest BCUT2D eigenvalue weighted by Crippen LogP contribution is 2.39. The minimum atomic E-state index is -0.521. The van der Waals surface area contributed by atoms with E-state index in [1.807, 2.05) is 10.8 Å². The molecular formula is C22H17FN4O3. The molecule has 1 aliphatic rings. The Bertz CT molecular complexity index is 1360. The van der Waals surface area contributed by atoms with Gasteiger partial charge in [-0.05, 0) is 24.6 Å². The summed E-state index contributed by atoms with van der Waals surface area (Å²) in [6, 6.07) is 5.56. The SMILES string of the molecule is COc1cnc2c(c1)C(=O)c1c-2n(CCCn2ccnc2)c(=O)c2cc(F)ccc12. The third-order valence-electron chi connectivity index (χ3n) is 5.38. The van der Waals surface area contributed by atoms with Crippen LogP contribution in [0.15, 0.2) is 54.0 Å². The van der Waals surface area contributed by atoms with Crippen molar-refractivity contribution in [2.24, 2.45) is 0 Å². The van der Waals surface area contributed by atoms with Crippen molar-refractivity contribution >= 4 is 16.6 Å². The average molecular weight is 404 g/mol. The van der Waals surface area contributed by atoms with Gasteiger partial charge < -0.3 is 13.9 Å². The van der Waals surface area contributed by atoms with Crippen LogP contribution < -0.4 is 10.3 Å². The monoisotopic (exact) mass is 404 g/mol. The summed E-state index contributed by atoms with van der Waals surface area (Å²) in [6.07, 6.45) is 7.39. The van der Waals surface area contributed by atoms with Gasteiger partial charge in [0.15, 0.2) is 5.78 Å². The molecule has 4 aromatic rings. The van der Waals surface area contributed by atoms with Gasteiger partial charge >= 0.3 is 0 Å². The standard InChI is InChI=1S/C22H17FN4O3/c1-30-14-10-17-19(25-11-14)20-18(21(17)28)15-4-3-13(23)9-16(15)22(29)27(20)7-2-6-26-8-5-24-12-26/h3-5,8-12H,2,6-7H2,1H3. The molecule has 150 valence electrons. The van der Waals surface area contributed by atoms with E-state index in [-0.39, 0.29) is 16.7 Å². The Labute approximate surface area is 170 Å². The minimum Gasteiger partial charge on any atom is -0.495 e. The van der Waals surface area contributed by atoms with Crippen molar-refractivity contribution in [3.63, 3.8) is 0 Å². The number of aromatic nitrogens is 4. The molecule has 0 spiro atoms. The van der Waals surface area contributed by atoms with E-state index in [1.54, 1.807) is 18.6 Å². The molecule has 3 aromatic heterocycles. The fourth-order valence-corrected chi connectivity index (χ4v) is 3.99. The van der Waals surface area contributed by atoms with E-state index in [1.165, 1.54) is 36.1 Å². The molecule has 0 fully saturated rings. The molecule has 3 heterocycles. The van der Waals surface area contributed by atoms with E-state index in [0.29, 0.717) is 53.2 Å². The number of carbonyl (C=O) groups excluding carboxylic acids is 1. The average Bonchev–Trinajstić information content (AvgIpc) is 3.37. The van der Waals surface area contributed by atoms with Crippen LogP contribution in [0, 0.1) is 5.82 Å². The summed E-state index contributed by atoms with van der Waals surface area (Å²) in [4.78, 5) is 35.0. The lowest BCUT2D eigenvalue weighted by Crippen LogP contribution is -2.24. The van der Waals surface area contributed by atoms with E-state index >= 15 is 0 Å². The largest absolute Gasteiger partial charge is 0.495 e. The first kappa shape index (κ1) is 18.2. The number of aryl methyl sites for hydroxylation is 1. The maximum atomic E-state index is 13.9. The molecule has 0 atom stereocenters. The van der Waals surface area contributed by atoms with Crippen molar-refractivity contribution in [2.75, 3.05) is 7.11 Å². The molecule has 1 aliphatic carbocycles. The Morgan fingerprint density at radius 3 is 2.77 bits per heavy atom. The summed E-state index contributed by atoms with van der Waals surface area (Å²) in [5.74, 6) is -0.308. The van der Waals surface area contributed by atoms with Crippen LogP contribution in [0.3, 0.4) is 0 Å². The molecule has 0 saturated heterocycles. The zero-order valence-electron chi connectivity index (χ0n) is 16.1. The van der Waals surface area contributed by atoms with Crippen LogP contribution in [-0.4, -0.2) is 32.0 Å². The maximum Gasteiger partial charge on any atom is 0.259 e. The lowest BCUT2D eigenvalue weighted by Gasteiger charge is -2.15. The number of pyridine rings is 2. The number of hydrogen-bond donors (Lipinski definition) is 0. The molecular weight excluding hydrogens is 387 g/mol. The smallest absolute Gasteiger partial charge is 0.259 e. The molecule has 0 amide bonds. The first-order chi connectivity index (χ1) is 14.6. The van der Waals surface area contributed by atoms with Gasteiger partial charge in [0.25, 0.3) is 5.56 Å². The summed E-state index contributed by atoms with van der Waals surface area (Å²) >= 11 is 0. The van der Waals surface area contributed by atoms with E-state index < -0.39 is 5.82 Å². The highest BCUT2D eigenvalue weighted by molar-refractivity contribution is 6.26. The number of hydrogen-bond acceptors (Lipinski definition) is 5. The van der Waals surface area contributed by atoms with Crippen molar-refractivity contribution < 1.29 is 13.9 Å². The lowest BCUT2D eigenvalue weighted by molar-refractivity contribution is 0.104. The third kappa shape index (κ3) is 2.72. The Balaban J connectivity index is 1.71. The molecule has 8 heteroatoms. The summed E-state index contributed by atoms with van der Waals surface area (Å²) in [5, 5.41) is 0.619. The number of carbonyl (C=O) groups is 1. The Kier molecular flexibility index (Phi) is 4.20. The number of ketones is 1. The molecule has 0 aliphatic heterocycles. The highest BCUT2D eigenvalue weighted by atomic mass is 19.1. The molecule has 30 heavy (non-hydrogen) atoms. The molecule has 0 radical (unpaired) electrons. The van der Waals surface area contributed by atoms with Gasteiger partial charge in [-0.15, -0.1) is 0 Å². The molecule has 7 nitrogen and oxygen atoms in total. The normalized spacial score (nSPS) is 12.3. The summed E-state index contributed by atoms with van der Waals surface area (Å²) in [5.41, 5.74) is 1.34. The van der Waals surface area contributed by atoms with Crippen LogP contribution in [0.1, 0.15) is 22.3 Å². The van der Waals surface area contributed by atoms with E-state index in [2.05, 4.69) is 9.97 Å². The number of rotatable bonds is 5. The topological polar surface area (TPSA) is 79.0 Å². The number of nitrogens with zero attached hydrogens (tertiary/aromatic N) is 4. The van der Waals surface area contributed by atoms with Crippen molar-refractivity contribution in [1.29, 1.82) is 0 Å². The second kappa shape index (κ2) is 6.91. The minimum absolute atomic E-state index is 0.185. The molecule has 0 unspecified atom stereocenters. The van der Waals surface area contributed by atoms with Crippen LogP contribution in [0.2, 0.25) is 0 Å². The van der Waals surface area contributed by atoms with E-state index in [4.69, 9.17) is 4.74 Å². The first-order valence-electron chi connectivity index (χ1n) is 9.49. The van der Waals surface area contributed by atoms with Gasteiger partial charge in [-0.2, -0.15) is 0 Å². The van der Waals surface area contributed by atoms with Gasteiger partial charge in [0.05, 0.1) is 47.5 Å². The third-order valence-corrected chi connectivity index (χ3v) is 5.38. The van der Waals surface area contributed by atoms with Gasteiger partial charge in [0.1, 0.15) is 11.6 Å². The van der Waals surface area contributed by atoms with Gasteiger partial charge in [-0.1, -0.05) is 6.07 Å². The van der Waals surface area contributed by atoms with Gasteiger partial charge in [0, 0.05) is 30.9 Å². The fourth-order valence-electron chi connectivity index (χ4n) is 3.99. The second-order valence-electron chi connectivity index (χ2n) is 7.12. The zero-order chi connectivity index (χ0) is 20.8. The predicted molar refractivity (Wildman–Crippen MR) is 108 cm³/mol. The zero-order valence-corrected chi connectivity index (χ0v) is 16.1. The molecule has 0 saturated carbocycles. The molecule has 5 rings (SSSR count). The van der Waals surface area contributed by atoms with Crippen molar-refractivity contribution in [2.45, 2.75) is 19.5 Å². The molecule has 0 N–H and O–H groups in total. The predicted octanol–water partition coefficient (Wildman–Crippen LogP) is 3.04. The Morgan fingerprint density at radius 1 is 1.13 bits per heavy atom. The number of fused-ring (bicyclic) bond motifs is 5. The van der Waals surface area contributed by atoms with Gasteiger partial charge in [-0.3, -0.25) is 14.6 Å². The lowest BCUT2D eigenvalue weighted by atomic mass is 10.0. The summed E-state index contributed by atoms with van der Waals surface area (Å²) in [7, 11) is 1.50. The highest BCUT2D eigenvalue weighted by Gasteiger charge is 2.34. The number of benzene rings is 1. The number of imidazole rings is 1. The van der Waals surface area contributed by atoms with Crippen molar-refractivity contribution in [3.05, 3.63) is 76.5 Å². The quantitative estimate of drug-likeness (QED) is 0.450. The van der Waals surface area contributed by atoms with Crippen LogP contribution >= 0.6 is 0 Å². The van der Waals surface area contributed by atoms with Crippen LogP contribution in [0.4, 0.5) is 4.39 Å². The molecule has 1 aromatic carbocycles. The summed E-state index contributed by atoms with van der Waals surface area (Å²) < 4.78 is 22.6. The maximum absolute atomic E-state index is 13.9. The van der Waals surface area contributed by atoms with Crippen LogP contribution in [-0.2, 0) is 13.1 Å². The van der Waals surface area contributed by atoms with Crippen molar-refractivity contribution in [1.82, 2.24) is 19.1 Å². The van der Waals surface area contributed by atoms with E-state index in [9.17, 15) is 14.0 Å². The fraction of sp³-hybridized carbons (Fsp3) is 0.182. The Hall–Kier alpha value is -3.81.